The number of carbonyl (C=O) groups is 2. The second-order valence-corrected chi connectivity index (χ2v) is 6.00. The highest BCUT2D eigenvalue weighted by atomic mass is 35.5. The van der Waals surface area contributed by atoms with Gasteiger partial charge in [-0.05, 0) is 31.2 Å². The van der Waals surface area contributed by atoms with E-state index >= 15 is 0 Å². The zero-order valence-corrected chi connectivity index (χ0v) is 14.7. The molecule has 0 atom stereocenters. The van der Waals surface area contributed by atoms with Gasteiger partial charge in [-0.25, -0.2) is 9.18 Å². The zero-order chi connectivity index (χ0) is 18.7. The molecule has 0 spiro atoms. The lowest BCUT2D eigenvalue weighted by Gasteiger charge is -2.08. The van der Waals surface area contributed by atoms with Gasteiger partial charge in [0.15, 0.2) is 6.61 Å². The summed E-state index contributed by atoms with van der Waals surface area (Å²) in [5, 5.41) is 3.31. The summed E-state index contributed by atoms with van der Waals surface area (Å²) in [5.74, 6) is -1.66. The predicted molar refractivity (Wildman–Crippen MR) is 97.9 cm³/mol. The van der Waals surface area contributed by atoms with Gasteiger partial charge >= 0.3 is 5.97 Å². The van der Waals surface area contributed by atoms with E-state index in [2.05, 4.69) is 5.32 Å². The van der Waals surface area contributed by atoms with Crippen LogP contribution in [0.5, 0.6) is 0 Å². The van der Waals surface area contributed by atoms with Crippen molar-refractivity contribution in [3.8, 4) is 0 Å². The number of hydrogen-bond acceptors (Lipinski definition) is 3. The normalized spacial score (nSPS) is 10.7. The van der Waals surface area contributed by atoms with Gasteiger partial charge in [0.05, 0.1) is 16.3 Å². The molecule has 7 heteroatoms. The van der Waals surface area contributed by atoms with Crippen molar-refractivity contribution in [1.29, 1.82) is 0 Å². The highest BCUT2D eigenvalue weighted by Crippen LogP contribution is 2.23. The number of anilines is 1. The van der Waals surface area contributed by atoms with Crippen LogP contribution < -0.4 is 5.32 Å². The summed E-state index contributed by atoms with van der Waals surface area (Å²) in [6, 6.07) is 11.1. The standard InChI is InChI=1S/C19H16ClFN2O3/c1-2-23-10-14(13-5-3-4-6-17(13)23)19(25)26-11-18(24)22-16-8-7-12(21)9-15(16)20/h3-10H,2,11H2,1H3,(H,22,24). The predicted octanol–water partition coefficient (Wildman–Crippen LogP) is 4.25. The van der Waals surface area contributed by atoms with Gasteiger partial charge in [-0.15, -0.1) is 0 Å². The van der Waals surface area contributed by atoms with Crippen molar-refractivity contribution in [3.05, 3.63) is 65.1 Å². The Balaban J connectivity index is 1.68. The summed E-state index contributed by atoms with van der Waals surface area (Å²) >= 11 is 5.85. The summed E-state index contributed by atoms with van der Waals surface area (Å²) in [5.41, 5.74) is 1.57. The molecule has 0 bridgehead atoms. The quantitative estimate of drug-likeness (QED) is 0.679. The number of fused-ring (bicyclic) bond motifs is 1. The molecule has 0 radical (unpaired) electrons. The molecule has 0 saturated carbocycles. The maximum absolute atomic E-state index is 13.0. The lowest BCUT2D eigenvalue weighted by molar-refractivity contribution is -0.119. The van der Waals surface area contributed by atoms with Crippen LogP contribution in [0.4, 0.5) is 10.1 Å². The molecule has 3 rings (SSSR count). The van der Waals surface area contributed by atoms with Crippen molar-refractivity contribution < 1.29 is 18.7 Å². The molecule has 1 amide bonds. The van der Waals surface area contributed by atoms with Crippen LogP contribution in [0.1, 0.15) is 17.3 Å². The van der Waals surface area contributed by atoms with Crippen LogP contribution in [0.3, 0.4) is 0 Å². The molecule has 5 nitrogen and oxygen atoms in total. The Bertz CT molecular complexity index is 984. The number of para-hydroxylation sites is 1. The van der Waals surface area contributed by atoms with Crippen molar-refractivity contribution in [2.75, 3.05) is 11.9 Å². The fraction of sp³-hybridized carbons (Fsp3) is 0.158. The Morgan fingerprint density at radius 3 is 2.73 bits per heavy atom. The van der Waals surface area contributed by atoms with Crippen molar-refractivity contribution >= 4 is 40.1 Å². The third kappa shape index (κ3) is 3.70. The maximum atomic E-state index is 13.0. The molecule has 0 aliphatic carbocycles. The van der Waals surface area contributed by atoms with Crippen LogP contribution in [-0.4, -0.2) is 23.1 Å². The first-order valence-electron chi connectivity index (χ1n) is 7.99. The molecule has 2 aromatic carbocycles. The maximum Gasteiger partial charge on any atom is 0.340 e. The van der Waals surface area contributed by atoms with Gasteiger partial charge < -0.3 is 14.6 Å². The van der Waals surface area contributed by atoms with Crippen molar-refractivity contribution in [1.82, 2.24) is 4.57 Å². The summed E-state index contributed by atoms with van der Waals surface area (Å²) in [6.07, 6.45) is 1.71. The monoisotopic (exact) mass is 374 g/mol. The van der Waals surface area contributed by atoms with Crippen LogP contribution in [0.25, 0.3) is 10.9 Å². The van der Waals surface area contributed by atoms with Gasteiger partial charge in [-0.2, -0.15) is 0 Å². The van der Waals surface area contributed by atoms with E-state index < -0.39 is 24.3 Å². The van der Waals surface area contributed by atoms with E-state index in [4.69, 9.17) is 16.3 Å². The minimum Gasteiger partial charge on any atom is -0.452 e. The number of halogens is 2. The lowest BCUT2D eigenvalue weighted by Crippen LogP contribution is -2.21. The first kappa shape index (κ1) is 17.9. The summed E-state index contributed by atoms with van der Waals surface area (Å²) < 4.78 is 20.1. The molecule has 0 aliphatic rings. The first-order chi connectivity index (χ1) is 12.5. The van der Waals surface area contributed by atoms with Gasteiger partial charge in [-0.3, -0.25) is 4.79 Å². The number of aryl methyl sites for hydroxylation is 1. The summed E-state index contributed by atoms with van der Waals surface area (Å²) in [6.45, 7) is 2.21. The summed E-state index contributed by atoms with van der Waals surface area (Å²) in [7, 11) is 0. The second-order valence-electron chi connectivity index (χ2n) is 5.59. The number of aromatic nitrogens is 1. The average Bonchev–Trinajstić information content (AvgIpc) is 3.01. The van der Waals surface area contributed by atoms with E-state index in [-0.39, 0.29) is 10.7 Å². The smallest absolute Gasteiger partial charge is 0.340 e. The van der Waals surface area contributed by atoms with E-state index in [9.17, 15) is 14.0 Å². The Hall–Kier alpha value is -2.86. The van der Waals surface area contributed by atoms with Crippen molar-refractivity contribution in [2.45, 2.75) is 13.5 Å². The highest BCUT2D eigenvalue weighted by molar-refractivity contribution is 6.33. The number of carbonyl (C=O) groups excluding carboxylic acids is 2. The van der Waals surface area contributed by atoms with Crippen LogP contribution in [0.2, 0.25) is 5.02 Å². The lowest BCUT2D eigenvalue weighted by atomic mass is 10.2. The summed E-state index contributed by atoms with van der Waals surface area (Å²) in [4.78, 5) is 24.3. The van der Waals surface area contributed by atoms with E-state index in [0.717, 1.165) is 17.0 Å². The Kier molecular flexibility index (Phi) is 5.23. The Morgan fingerprint density at radius 1 is 1.23 bits per heavy atom. The van der Waals surface area contributed by atoms with Gasteiger partial charge in [0, 0.05) is 23.6 Å². The Morgan fingerprint density at radius 2 is 2.00 bits per heavy atom. The molecule has 1 aromatic heterocycles. The van der Waals surface area contributed by atoms with Crippen molar-refractivity contribution in [2.24, 2.45) is 0 Å². The van der Waals surface area contributed by atoms with Gasteiger partial charge in [0.1, 0.15) is 5.82 Å². The second kappa shape index (κ2) is 7.58. The number of benzene rings is 2. The SMILES string of the molecule is CCn1cc(C(=O)OCC(=O)Nc2ccc(F)cc2Cl)c2ccccc21. The number of hydrogen-bond donors (Lipinski definition) is 1. The number of esters is 1. The number of nitrogens with zero attached hydrogens (tertiary/aromatic N) is 1. The topological polar surface area (TPSA) is 60.3 Å². The van der Waals surface area contributed by atoms with Gasteiger partial charge in [0.2, 0.25) is 0 Å². The molecule has 3 aromatic rings. The van der Waals surface area contributed by atoms with Crippen LogP contribution >= 0.6 is 11.6 Å². The van der Waals surface area contributed by atoms with E-state index in [1.807, 2.05) is 35.8 Å². The minimum absolute atomic E-state index is 0.0655. The third-order valence-corrected chi connectivity index (χ3v) is 4.20. The molecule has 1 heterocycles. The number of rotatable bonds is 5. The van der Waals surface area contributed by atoms with Crippen LogP contribution in [-0.2, 0) is 16.1 Å². The molecule has 1 N–H and O–H groups in total. The number of amides is 1. The number of nitrogens with one attached hydrogen (secondary N) is 1. The number of ether oxygens (including phenoxy) is 1. The third-order valence-electron chi connectivity index (χ3n) is 3.89. The minimum atomic E-state index is -0.589. The van der Waals surface area contributed by atoms with Gasteiger partial charge in [0.25, 0.3) is 5.91 Å². The molecular weight excluding hydrogens is 359 g/mol. The average molecular weight is 375 g/mol. The molecule has 26 heavy (non-hydrogen) atoms. The Labute approximate surface area is 154 Å². The highest BCUT2D eigenvalue weighted by Gasteiger charge is 2.17. The van der Waals surface area contributed by atoms with E-state index in [0.29, 0.717) is 12.1 Å². The molecule has 134 valence electrons. The van der Waals surface area contributed by atoms with E-state index in [1.165, 1.54) is 12.1 Å². The molecular formula is C19H16ClFN2O3. The molecule has 0 fully saturated rings. The van der Waals surface area contributed by atoms with Crippen LogP contribution in [0, 0.1) is 5.82 Å². The van der Waals surface area contributed by atoms with Gasteiger partial charge in [-0.1, -0.05) is 29.8 Å². The molecule has 0 unspecified atom stereocenters. The zero-order valence-electron chi connectivity index (χ0n) is 14.0. The largest absolute Gasteiger partial charge is 0.452 e. The molecule has 0 aliphatic heterocycles. The van der Waals surface area contributed by atoms with E-state index in [1.54, 1.807) is 6.20 Å². The fourth-order valence-corrected chi connectivity index (χ4v) is 2.87. The van der Waals surface area contributed by atoms with Crippen molar-refractivity contribution in [3.63, 3.8) is 0 Å². The van der Waals surface area contributed by atoms with Crippen LogP contribution in [0.15, 0.2) is 48.7 Å². The first-order valence-corrected chi connectivity index (χ1v) is 8.37. The molecule has 0 saturated heterocycles. The fourth-order valence-electron chi connectivity index (χ4n) is 2.66.